The van der Waals surface area contributed by atoms with Crippen LogP contribution in [0.2, 0.25) is 0 Å². The molecule has 8 nitrogen and oxygen atoms in total. The number of benzene rings is 2. The number of pyridine rings is 1. The molecule has 154 valence electrons. The number of aromatic nitrogens is 1. The maximum atomic E-state index is 12.4. The van der Waals surface area contributed by atoms with Gasteiger partial charge in [-0.15, -0.1) is 0 Å². The van der Waals surface area contributed by atoms with Crippen LogP contribution in [0.3, 0.4) is 0 Å². The first-order chi connectivity index (χ1) is 14.7. The van der Waals surface area contributed by atoms with Crippen LogP contribution in [0.25, 0.3) is 10.9 Å². The second kappa shape index (κ2) is 7.72. The van der Waals surface area contributed by atoms with Crippen LogP contribution in [0.4, 0.5) is 22.0 Å². The van der Waals surface area contributed by atoms with E-state index in [0.717, 1.165) is 48.6 Å². The number of carbonyl (C=O) groups excluding carboxylic acids is 1. The van der Waals surface area contributed by atoms with Gasteiger partial charge in [0.05, 0.1) is 18.7 Å². The summed E-state index contributed by atoms with van der Waals surface area (Å²) in [5.41, 5.74) is 3.34. The quantitative estimate of drug-likeness (QED) is 0.689. The Kier molecular flexibility index (Phi) is 4.76. The van der Waals surface area contributed by atoms with Crippen molar-refractivity contribution in [2.75, 3.05) is 48.6 Å². The summed E-state index contributed by atoms with van der Waals surface area (Å²) in [4.78, 5) is 19.5. The summed E-state index contributed by atoms with van der Waals surface area (Å²) in [7, 11) is 0. The van der Waals surface area contributed by atoms with E-state index in [2.05, 4.69) is 28.5 Å². The summed E-state index contributed by atoms with van der Waals surface area (Å²) < 4.78 is 16.1. The number of carbonyl (C=O) groups is 1. The van der Waals surface area contributed by atoms with Gasteiger partial charge in [-0.2, -0.15) is 0 Å². The Labute approximate surface area is 173 Å². The average Bonchev–Trinajstić information content (AvgIpc) is 3.22. The lowest BCUT2D eigenvalue weighted by atomic mass is 10.1. The van der Waals surface area contributed by atoms with Crippen molar-refractivity contribution in [2.45, 2.75) is 6.92 Å². The van der Waals surface area contributed by atoms with E-state index in [-0.39, 0.29) is 12.8 Å². The number of amides is 2. The Morgan fingerprint density at radius 2 is 1.70 bits per heavy atom. The zero-order valence-electron chi connectivity index (χ0n) is 16.6. The summed E-state index contributed by atoms with van der Waals surface area (Å²) in [5, 5.41) is 6.70. The first kappa shape index (κ1) is 18.5. The van der Waals surface area contributed by atoms with E-state index < -0.39 is 0 Å². The molecule has 3 heterocycles. The Bertz CT molecular complexity index is 1110. The molecule has 0 saturated carbocycles. The molecule has 0 bridgehead atoms. The molecule has 2 aliphatic rings. The van der Waals surface area contributed by atoms with E-state index in [9.17, 15) is 4.79 Å². The normalized spacial score (nSPS) is 15.3. The predicted octanol–water partition coefficient (Wildman–Crippen LogP) is 3.75. The van der Waals surface area contributed by atoms with Crippen molar-refractivity contribution < 1.29 is 19.0 Å². The van der Waals surface area contributed by atoms with E-state index in [0.29, 0.717) is 22.9 Å². The van der Waals surface area contributed by atoms with E-state index in [1.165, 1.54) is 0 Å². The second-order valence-electron chi connectivity index (χ2n) is 7.28. The van der Waals surface area contributed by atoms with Crippen LogP contribution in [-0.4, -0.2) is 44.1 Å². The number of morpholine rings is 1. The zero-order valence-corrected chi connectivity index (χ0v) is 16.6. The fraction of sp³-hybridized carbons (Fsp3) is 0.273. The van der Waals surface area contributed by atoms with Gasteiger partial charge in [0.1, 0.15) is 5.82 Å². The number of anilines is 3. The highest BCUT2D eigenvalue weighted by molar-refractivity contribution is 6.01. The molecule has 0 atom stereocenters. The Balaban J connectivity index is 1.32. The highest BCUT2D eigenvalue weighted by Crippen LogP contribution is 2.34. The topological polar surface area (TPSA) is 85.0 Å². The van der Waals surface area contributed by atoms with Gasteiger partial charge in [0, 0.05) is 35.9 Å². The SMILES string of the molecule is Cc1cc(N2CCOCC2)nc2ccc(NC(=O)Nc3ccc4c(c3)OCO4)cc12. The number of hydrogen-bond donors (Lipinski definition) is 2. The van der Waals surface area contributed by atoms with Crippen molar-refractivity contribution in [2.24, 2.45) is 0 Å². The van der Waals surface area contributed by atoms with Crippen LogP contribution in [0.5, 0.6) is 11.5 Å². The molecular weight excluding hydrogens is 384 g/mol. The molecule has 1 aromatic heterocycles. The minimum absolute atomic E-state index is 0.197. The first-order valence-corrected chi connectivity index (χ1v) is 9.87. The molecule has 30 heavy (non-hydrogen) atoms. The highest BCUT2D eigenvalue weighted by atomic mass is 16.7. The number of urea groups is 1. The number of rotatable bonds is 3. The van der Waals surface area contributed by atoms with Gasteiger partial charge in [0.15, 0.2) is 11.5 Å². The monoisotopic (exact) mass is 406 g/mol. The Hall–Kier alpha value is -3.52. The van der Waals surface area contributed by atoms with E-state index in [1.807, 2.05) is 18.2 Å². The van der Waals surface area contributed by atoms with E-state index >= 15 is 0 Å². The maximum absolute atomic E-state index is 12.4. The molecule has 1 saturated heterocycles. The summed E-state index contributed by atoms with van der Waals surface area (Å²) in [5.74, 6) is 2.26. The van der Waals surface area contributed by atoms with Gasteiger partial charge in [-0.3, -0.25) is 0 Å². The third-order valence-corrected chi connectivity index (χ3v) is 5.23. The van der Waals surface area contributed by atoms with Gasteiger partial charge < -0.3 is 29.7 Å². The van der Waals surface area contributed by atoms with Crippen molar-refractivity contribution in [1.29, 1.82) is 0 Å². The molecule has 0 radical (unpaired) electrons. The fourth-order valence-corrected chi connectivity index (χ4v) is 3.68. The van der Waals surface area contributed by atoms with E-state index in [4.69, 9.17) is 19.2 Å². The minimum atomic E-state index is -0.330. The molecule has 2 aliphatic heterocycles. The van der Waals surface area contributed by atoms with Gasteiger partial charge in [-0.05, 0) is 48.9 Å². The highest BCUT2D eigenvalue weighted by Gasteiger charge is 2.16. The third-order valence-electron chi connectivity index (χ3n) is 5.23. The molecule has 8 heteroatoms. The van der Waals surface area contributed by atoms with Crippen LogP contribution >= 0.6 is 0 Å². The van der Waals surface area contributed by atoms with Crippen molar-refractivity contribution in [3.05, 3.63) is 48.0 Å². The molecular formula is C22H22N4O4. The predicted molar refractivity (Wildman–Crippen MR) is 115 cm³/mol. The molecule has 0 aliphatic carbocycles. The zero-order chi connectivity index (χ0) is 20.5. The number of aryl methyl sites for hydroxylation is 1. The Morgan fingerprint density at radius 1 is 0.967 bits per heavy atom. The van der Waals surface area contributed by atoms with Crippen molar-refractivity contribution >= 4 is 34.1 Å². The molecule has 1 fully saturated rings. The van der Waals surface area contributed by atoms with Gasteiger partial charge in [0.2, 0.25) is 6.79 Å². The second-order valence-corrected chi connectivity index (χ2v) is 7.28. The molecule has 2 N–H and O–H groups in total. The van der Waals surface area contributed by atoms with Crippen molar-refractivity contribution in [1.82, 2.24) is 4.98 Å². The summed E-state index contributed by atoms with van der Waals surface area (Å²) in [6, 6.07) is 12.8. The van der Waals surface area contributed by atoms with E-state index in [1.54, 1.807) is 18.2 Å². The first-order valence-electron chi connectivity index (χ1n) is 9.87. The number of fused-ring (bicyclic) bond motifs is 2. The lowest BCUT2D eigenvalue weighted by Gasteiger charge is -2.28. The summed E-state index contributed by atoms with van der Waals surface area (Å²) in [6.07, 6.45) is 0. The van der Waals surface area contributed by atoms with Crippen LogP contribution in [0, 0.1) is 6.92 Å². The molecule has 0 spiro atoms. The molecule has 2 amide bonds. The standard InChI is InChI=1S/C22H22N4O4/c1-14-10-21(26-6-8-28-9-7-26)25-18-4-2-15(11-17(14)18)23-22(27)24-16-3-5-19-20(12-16)30-13-29-19/h2-5,10-12H,6-9,13H2,1H3,(H2,23,24,27). The van der Waals surface area contributed by atoms with Gasteiger partial charge in [0.25, 0.3) is 0 Å². The van der Waals surface area contributed by atoms with Crippen LogP contribution in [-0.2, 0) is 4.74 Å². The smallest absolute Gasteiger partial charge is 0.323 e. The molecule has 0 unspecified atom stereocenters. The maximum Gasteiger partial charge on any atom is 0.323 e. The van der Waals surface area contributed by atoms with Gasteiger partial charge >= 0.3 is 6.03 Å². The lowest BCUT2D eigenvalue weighted by Crippen LogP contribution is -2.36. The number of hydrogen-bond acceptors (Lipinski definition) is 6. The van der Waals surface area contributed by atoms with Crippen LogP contribution in [0.15, 0.2) is 42.5 Å². The minimum Gasteiger partial charge on any atom is -0.454 e. The third kappa shape index (κ3) is 3.69. The summed E-state index contributed by atoms with van der Waals surface area (Å²) >= 11 is 0. The van der Waals surface area contributed by atoms with Gasteiger partial charge in [-0.1, -0.05) is 0 Å². The molecule has 3 aromatic rings. The van der Waals surface area contributed by atoms with Crippen LogP contribution < -0.4 is 25.0 Å². The lowest BCUT2D eigenvalue weighted by molar-refractivity contribution is 0.122. The molecule has 2 aromatic carbocycles. The largest absolute Gasteiger partial charge is 0.454 e. The van der Waals surface area contributed by atoms with Crippen molar-refractivity contribution in [3.8, 4) is 11.5 Å². The van der Waals surface area contributed by atoms with Crippen molar-refractivity contribution in [3.63, 3.8) is 0 Å². The number of ether oxygens (including phenoxy) is 3. The Morgan fingerprint density at radius 3 is 2.53 bits per heavy atom. The van der Waals surface area contributed by atoms with Gasteiger partial charge in [-0.25, -0.2) is 9.78 Å². The average molecular weight is 406 g/mol. The summed E-state index contributed by atoms with van der Waals surface area (Å²) in [6.45, 7) is 5.39. The molecule has 5 rings (SSSR count). The van der Waals surface area contributed by atoms with Crippen LogP contribution in [0.1, 0.15) is 5.56 Å². The number of nitrogens with one attached hydrogen (secondary N) is 2. The fourth-order valence-electron chi connectivity index (χ4n) is 3.68. The number of nitrogens with zero attached hydrogens (tertiary/aromatic N) is 2.